The van der Waals surface area contributed by atoms with Gasteiger partial charge in [0.15, 0.2) is 11.5 Å². The SMILES string of the molecule is CCN.COc1ccccc1OC. The van der Waals surface area contributed by atoms with E-state index in [0.29, 0.717) is 0 Å². The van der Waals surface area contributed by atoms with Crippen molar-refractivity contribution >= 4 is 0 Å². The van der Waals surface area contributed by atoms with Crippen LogP contribution in [0.25, 0.3) is 0 Å². The summed E-state index contributed by atoms with van der Waals surface area (Å²) in [5.41, 5.74) is 4.85. The molecule has 0 aromatic heterocycles. The van der Waals surface area contributed by atoms with E-state index in [1.807, 2.05) is 31.2 Å². The van der Waals surface area contributed by atoms with Crippen LogP contribution in [-0.4, -0.2) is 20.8 Å². The molecule has 0 spiro atoms. The minimum Gasteiger partial charge on any atom is -0.493 e. The van der Waals surface area contributed by atoms with Gasteiger partial charge in [0.2, 0.25) is 0 Å². The van der Waals surface area contributed by atoms with Crippen LogP contribution in [0.1, 0.15) is 6.92 Å². The lowest BCUT2D eigenvalue weighted by atomic mass is 10.3. The number of nitrogens with two attached hydrogens (primary N) is 1. The van der Waals surface area contributed by atoms with Crippen molar-refractivity contribution in [2.75, 3.05) is 20.8 Å². The quantitative estimate of drug-likeness (QED) is 0.758. The zero-order chi connectivity index (χ0) is 10.1. The lowest BCUT2D eigenvalue weighted by Crippen LogP contribution is -1.88. The maximum absolute atomic E-state index is 5.01. The second-order valence-corrected chi connectivity index (χ2v) is 2.26. The summed E-state index contributed by atoms with van der Waals surface area (Å²) in [5.74, 6) is 1.54. The van der Waals surface area contributed by atoms with E-state index in [9.17, 15) is 0 Å². The van der Waals surface area contributed by atoms with Crippen molar-refractivity contribution in [2.45, 2.75) is 6.92 Å². The van der Waals surface area contributed by atoms with Crippen LogP contribution in [-0.2, 0) is 0 Å². The van der Waals surface area contributed by atoms with Crippen molar-refractivity contribution in [2.24, 2.45) is 5.73 Å². The molecule has 0 unspecified atom stereocenters. The van der Waals surface area contributed by atoms with E-state index in [1.165, 1.54) is 0 Å². The van der Waals surface area contributed by atoms with Crippen molar-refractivity contribution < 1.29 is 9.47 Å². The summed E-state index contributed by atoms with van der Waals surface area (Å²) in [7, 11) is 3.25. The van der Waals surface area contributed by atoms with E-state index in [2.05, 4.69) is 0 Å². The Morgan fingerprint density at radius 3 is 1.62 bits per heavy atom. The van der Waals surface area contributed by atoms with Crippen LogP contribution in [0.3, 0.4) is 0 Å². The van der Waals surface area contributed by atoms with Gasteiger partial charge in [-0.25, -0.2) is 0 Å². The van der Waals surface area contributed by atoms with Gasteiger partial charge in [0.05, 0.1) is 14.2 Å². The summed E-state index contributed by atoms with van der Waals surface area (Å²) >= 11 is 0. The van der Waals surface area contributed by atoms with Crippen LogP contribution in [0.15, 0.2) is 24.3 Å². The van der Waals surface area contributed by atoms with Gasteiger partial charge >= 0.3 is 0 Å². The molecule has 1 aromatic rings. The minimum atomic E-state index is 0.750. The lowest BCUT2D eigenvalue weighted by Gasteiger charge is -2.04. The Hall–Kier alpha value is -1.22. The van der Waals surface area contributed by atoms with Crippen molar-refractivity contribution in [1.29, 1.82) is 0 Å². The molecule has 0 aliphatic carbocycles. The summed E-state index contributed by atoms with van der Waals surface area (Å²) in [4.78, 5) is 0. The van der Waals surface area contributed by atoms with Gasteiger partial charge < -0.3 is 15.2 Å². The predicted molar refractivity (Wildman–Crippen MR) is 54.3 cm³/mol. The van der Waals surface area contributed by atoms with Crippen LogP contribution < -0.4 is 15.2 Å². The van der Waals surface area contributed by atoms with Crippen molar-refractivity contribution in [3.63, 3.8) is 0 Å². The summed E-state index contributed by atoms with van der Waals surface area (Å²) in [5, 5.41) is 0. The largest absolute Gasteiger partial charge is 0.493 e. The third-order valence-corrected chi connectivity index (χ3v) is 1.29. The van der Waals surface area contributed by atoms with Gasteiger partial charge in [0, 0.05) is 0 Å². The van der Waals surface area contributed by atoms with Crippen LogP contribution in [0.2, 0.25) is 0 Å². The number of methoxy groups -OCH3 is 2. The first-order valence-electron chi connectivity index (χ1n) is 4.17. The smallest absolute Gasteiger partial charge is 0.160 e. The molecule has 74 valence electrons. The summed E-state index contributed by atoms with van der Waals surface area (Å²) < 4.78 is 10.0. The fraction of sp³-hybridized carbons (Fsp3) is 0.400. The third-order valence-electron chi connectivity index (χ3n) is 1.29. The van der Waals surface area contributed by atoms with Crippen LogP contribution in [0, 0.1) is 0 Å². The molecule has 0 atom stereocenters. The molecule has 2 N–H and O–H groups in total. The molecule has 0 amide bonds. The van der Waals surface area contributed by atoms with E-state index in [4.69, 9.17) is 15.2 Å². The van der Waals surface area contributed by atoms with Gasteiger partial charge in [0.1, 0.15) is 0 Å². The standard InChI is InChI=1S/C8H10O2.C2H7N/c1-9-7-5-3-4-6-8(7)10-2;1-2-3/h3-6H,1-2H3;2-3H2,1H3. The fourth-order valence-electron chi connectivity index (χ4n) is 0.787. The molecule has 3 nitrogen and oxygen atoms in total. The molecule has 0 aliphatic heterocycles. The highest BCUT2D eigenvalue weighted by Crippen LogP contribution is 2.24. The topological polar surface area (TPSA) is 44.5 Å². The Balaban J connectivity index is 0.000000424. The van der Waals surface area contributed by atoms with Gasteiger partial charge in [-0.2, -0.15) is 0 Å². The first-order chi connectivity index (χ1) is 6.29. The zero-order valence-corrected chi connectivity index (χ0v) is 8.41. The minimum absolute atomic E-state index is 0.750. The first kappa shape index (κ1) is 11.8. The molecule has 0 fully saturated rings. The highest BCUT2D eigenvalue weighted by molar-refractivity contribution is 5.38. The second kappa shape index (κ2) is 7.43. The van der Waals surface area contributed by atoms with E-state index in [1.54, 1.807) is 14.2 Å². The summed E-state index contributed by atoms with van der Waals surface area (Å²) in [6.07, 6.45) is 0. The number of benzene rings is 1. The molecule has 0 radical (unpaired) electrons. The number of hydrogen-bond donors (Lipinski definition) is 1. The lowest BCUT2D eigenvalue weighted by molar-refractivity contribution is 0.355. The molecule has 13 heavy (non-hydrogen) atoms. The molecule has 3 heteroatoms. The van der Waals surface area contributed by atoms with E-state index < -0.39 is 0 Å². The van der Waals surface area contributed by atoms with Gasteiger partial charge in [-0.15, -0.1) is 0 Å². The number of rotatable bonds is 2. The average molecular weight is 183 g/mol. The van der Waals surface area contributed by atoms with Gasteiger partial charge in [0.25, 0.3) is 0 Å². The third kappa shape index (κ3) is 4.38. The highest BCUT2D eigenvalue weighted by Gasteiger charge is 1.97. The number of ether oxygens (including phenoxy) is 2. The van der Waals surface area contributed by atoms with E-state index >= 15 is 0 Å². The van der Waals surface area contributed by atoms with Crippen molar-refractivity contribution in [3.8, 4) is 11.5 Å². The van der Waals surface area contributed by atoms with Gasteiger partial charge in [-0.3, -0.25) is 0 Å². The maximum Gasteiger partial charge on any atom is 0.160 e. The van der Waals surface area contributed by atoms with Crippen LogP contribution in [0.4, 0.5) is 0 Å². The summed E-state index contributed by atoms with van der Waals surface area (Å²) in [6.45, 7) is 2.65. The predicted octanol–water partition coefficient (Wildman–Crippen LogP) is 1.67. The Morgan fingerprint density at radius 1 is 1.08 bits per heavy atom. The molecule has 1 aromatic carbocycles. The Morgan fingerprint density at radius 2 is 1.38 bits per heavy atom. The highest BCUT2D eigenvalue weighted by atomic mass is 16.5. The Labute approximate surface area is 79.5 Å². The van der Waals surface area contributed by atoms with Crippen LogP contribution >= 0.6 is 0 Å². The monoisotopic (exact) mass is 183 g/mol. The molecule has 0 bridgehead atoms. The molecule has 1 rings (SSSR count). The number of para-hydroxylation sites is 2. The molecule has 0 aliphatic rings. The molecular weight excluding hydrogens is 166 g/mol. The summed E-state index contributed by atoms with van der Waals surface area (Å²) in [6, 6.07) is 7.53. The van der Waals surface area contributed by atoms with Crippen molar-refractivity contribution in [3.05, 3.63) is 24.3 Å². The Bertz CT molecular complexity index is 203. The van der Waals surface area contributed by atoms with Gasteiger partial charge in [-0.05, 0) is 18.7 Å². The van der Waals surface area contributed by atoms with Crippen molar-refractivity contribution in [1.82, 2.24) is 0 Å². The van der Waals surface area contributed by atoms with Gasteiger partial charge in [-0.1, -0.05) is 19.1 Å². The molecular formula is C10H17NO2. The van der Waals surface area contributed by atoms with E-state index in [-0.39, 0.29) is 0 Å². The number of hydrogen-bond acceptors (Lipinski definition) is 3. The fourth-order valence-corrected chi connectivity index (χ4v) is 0.787. The molecule has 0 saturated heterocycles. The average Bonchev–Trinajstić information content (AvgIpc) is 2.19. The Kier molecular flexibility index (Phi) is 6.73. The van der Waals surface area contributed by atoms with E-state index in [0.717, 1.165) is 18.0 Å². The first-order valence-corrected chi connectivity index (χ1v) is 4.17. The second-order valence-electron chi connectivity index (χ2n) is 2.26. The normalized spacial score (nSPS) is 8.31. The molecule has 0 saturated carbocycles. The maximum atomic E-state index is 5.01. The van der Waals surface area contributed by atoms with Crippen LogP contribution in [0.5, 0.6) is 11.5 Å². The zero-order valence-electron chi connectivity index (χ0n) is 8.41. The molecule has 0 heterocycles.